The summed E-state index contributed by atoms with van der Waals surface area (Å²) in [5, 5.41) is 5.80. The van der Waals surface area contributed by atoms with Crippen LogP contribution in [0.25, 0.3) is 0 Å². The summed E-state index contributed by atoms with van der Waals surface area (Å²) in [7, 11) is 0. The second-order valence-corrected chi connectivity index (χ2v) is 4.24. The van der Waals surface area contributed by atoms with Gasteiger partial charge in [-0.15, -0.1) is 0 Å². The Bertz CT molecular complexity index is 465. The number of carbonyl (C=O) groups excluding carboxylic acids is 1. The highest BCUT2D eigenvalue weighted by atomic mass is 35.5. The Morgan fingerprint density at radius 2 is 1.85 bits per heavy atom. The second-order valence-electron chi connectivity index (χ2n) is 3.81. The maximum absolute atomic E-state index is 11.8. The topological polar surface area (TPSA) is 79.5 Å². The Kier molecular flexibility index (Phi) is 6.72. The number of hydrogen-bond acceptors (Lipinski definition) is 2. The third-order valence-electron chi connectivity index (χ3n) is 2.22. The van der Waals surface area contributed by atoms with Gasteiger partial charge in [-0.2, -0.15) is 0 Å². The normalized spacial score (nSPS) is 11.5. The fraction of sp³-hybridized carbons (Fsp3) is 0.333. The molecule has 1 aromatic carbocycles. The van der Waals surface area contributed by atoms with Crippen molar-refractivity contribution in [3.05, 3.63) is 34.9 Å². The molecular weight excluding hydrogens is 290 g/mol. The minimum Gasteiger partial charge on any atom is -0.370 e. The molecule has 1 aromatic rings. The standard InChI is InChI=1S/C12H15ClF2N4O/c13-9-3-1-8(2-4-9)11(20)17-5-6-18-12(16)19-7-10(14)15/h1-4,10H,5-7H2,(H,17,20)(H3,16,18,19). The zero-order valence-electron chi connectivity index (χ0n) is 10.6. The first-order valence-electron chi connectivity index (χ1n) is 5.84. The molecule has 5 nitrogen and oxygen atoms in total. The summed E-state index contributed by atoms with van der Waals surface area (Å²) in [5.74, 6) is -0.336. The van der Waals surface area contributed by atoms with Gasteiger partial charge in [-0.05, 0) is 24.3 Å². The van der Waals surface area contributed by atoms with Gasteiger partial charge in [0.2, 0.25) is 0 Å². The van der Waals surface area contributed by atoms with Crippen molar-refractivity contribution < 1.29 is 13.6 Å². The zero-order valence-corrected chi connectivity index (χ0v) is 11.3. The van der Waals surface area contributed by atoms with Gasteiger partial charge in [0, 0.05) is 23.7 Å². The lowest BCUT2D eigenvalue weighted by atomic mass is 10.2. The number of rotatable bonds is 6. The molecule has 0 aromatic heterocycles. The van der Waals surface area contributed by atoms with Crippen LogP contribution in [-0.2, 0) is 0 Å². The van der Waals surface area contributed by atoms with Gasteiger partial charge in [-0.1, -0.05) is 11.6 Å². The average Bonchev–Trinajstić information content (AvgIpc) is 2.42. The highest BCUT2D eigenvalue weighted by Crippen LogP contribution is 2.08. The van der Waals surface area contributed by atoms with Crippen LogP contribution in [-0.4, -0.2) is 37.9 Å². The molecule has 0 saturated carbocycles. The van der Waals surface area contributed by atoms with E-state index in [1.165, 1.54) is 0 Å². The van der Waals surface area contributed by atoms with Crippen molar-refractivity contribution in [1.29, 1.82) is 0 Å². The number of aliphatic imine (C=N–C) groups is 1. The van der Waals surface area contributed by atoms with Gasteiger partial charge >= 0.3 is 0 Å². The Morgan fingerprint density at radius 3 is 2.45 bits per heavy atom. The summed E-state index contributed by atoms with van der Waals surface area (Å²) >= 11 is 5.71. The summed E-state index contributed by atoms with van der Waals surface area (Å²) in [4.78, 5) is 15.1. The molecule has 0 spiro atoms. The molecule has 1 rings (SSSR count). The van der Waals surface area contributed by atoms with Gasteiger partial charge in [0.15, 0.2) is 5.96 Å². The van der Waals surface area contributed by atoms with Gasteiger partial charge in [-0.25, -0.2) is 13.8 Å². The first kappa shape index (κ1) is 16.2. The molecule has 0 saturated heterocycles. The third kappa shape index (κ3) is 6.33. The molecule has 110 valence electrons. The maximum Gasteiger partial charge on any atom is 0.257 e. The number of nitrogens with two attached hydrogens (primary N) is 1. The lowest BCUT2D eigenvalue weighted by Crippen LogP contribution is -2.38. The van der Waals surface area contributed by atoms with Crippen molar-refractivity contribution in [3.8, 4) is 0 Å². The lowest BCUT2D eigenvalue weighted by molar-refractivity contribution is 0.0954. The Hall–Kier alpha value is -1.89. The van der Waals surface area contributed by atoms with E-state index in [4.69, 9.17) is 17.3 Å². The molecule has 0 heterocycles. The van der Waals surface area contributed by atoms with E-state index >= 15 is 0 Å². The van der Waals surface area contributed by atoms with Crippen LogP contribution in [0.2, 0.25) is 5.02 Å². The number of amides is 1. The van der Waals surface area contributed by atoms with Crippen LogP contribution >= 0.6 is 11.6 Å². The van der Waals surface area contributed by atoms with Crippen molar-refractivity contribution in [1.82, 2.24) is 10.6 Å². The second kappa shape index (κ2) is 8.31. The van der Waals surface area contributed by atoms with Gasteiger partial charge in [0.1, 0.15) is 6.54 Å². The van der Waals surface area contributed by atoms with Crippen molar-refractivity contribution >= 4 is 23.5 Å². The molecule has 4 N–H and O–H groups in total. The highest BCUT2D eigenvalue weighted by Gasteiger charge is 2.04. The number of guanidine groups is 1. The first-order valence-corrected chi connectivity index (χ1v) is 6.22. The fourth-order valence-corrected chi connectivity index (χ4v) is 1.42. The zero-order chi connectivity index (χ0) is 15.0. The number of nitrogens with zero attached hydrogens (tertiary/aromatic N) is 1. The summed E-state index contributed by atoms with van der Waals surface area (Å²) in [6.45, 7) is -0.0692. The van der Waals surface area contributed by atoms with Crippen LogP contribution < -0.4 is 16.4 Å². The Labute approximate surface area is 120 Å². The van der Waals surface area contributed by atoms with Crippen molar-refractivity contribution in [2.75, 3.05) is 19.6 Å². The quantitative estimate of drug-likeness (QED) is 0.420. The summed E-state index contributed by atoms with van der Waals surface area (Å²) < 4.78 is 23.7. The SMILES string of the molecule is NC(=NCC(F)F)NCCNC(=O)c1ccc(Cl)cc1. The van der Waals surface area contributed by atoms with Crippen molar-refractivity contribution in [2.45, 2.75) is 6.43 Å². The minimum atomic E-state index is -2.53. The van der Waals surface area contributed by atoms with Crippen LogP contribution in [0.3, 0.4) is 0 Å². The van der Waals surface area contributed by atoms with Gasteiger partial charge in [0.05, 0.1) is 0 Å². The number of alkyl halides is 2. The summed E-state index contributed by atoms with van der Waals surface area (Å²) in [6, 6.07) is 6.43. The summed E-state index contributed by atoms with van der Waals surface area (Å²) in [5.41, 5.74) is 5.83. The molecule has 1 amide bonds. The van der Waals surface area contributed by atoms with Crippen LogP contribution in [0.4, 0.5) is 8.78 Å². The van der Waals surface area contributed by atoms with Gasteiger partial charge in [0.25, 0.3) is 12.3 Å². The number of carbonyl (C=O) groups is 1. The molecule has 0 aliphatic rings. The van der Waals surface area contributed by atoms with E-state index in [1.54, 1.807) is 24.3 Å². The van der Waals surface area contributed by atoms with Crippen molar-refractivity contribution in [3.63, 3.8) is 0 Å². The largest absolute Gasteiger partial charge is 0.370 e. The van der Waals surface area contributed by atoms with E-state index in [1.807, 2.05) is 0 Å². The lowest BCUT2D eigenvalue weighted by Gasteiger charge is -2.07. The predicted octanol–water partition coefficient (Wildman–Crippen LogP) is 1.24. The Balaban J connectivity index is 2.25. The maximum atomic E-state index is 11.8. The number of halogens is 3. The average molecular weight is 305 g/mol. The van der Waals surface area contributed by atoms with E-state index in [0.29, 0.717) is 10.6 Å². The third-order valence-corrected chi connectivity index (χ3v) is 2.47. The van der Waals surface area contributed by atoms with Crippen LogP contribution in [0.1, 0.15) is 10.4 Å². The molecule has 20 heavy (non-hydrogen) atoms. The van der Waals surface area contributed by atoms with Gasteiger partial charge in [-0.3, -0.25) is 4.79 Å². The molecule has 0 atom stereocenters. The Morgan fingerprint density at radius 1 is 1.25 bits per heavy atom. The molecule has 0 aliphatic carbocycles. The molecule has 0 radical (unpaired) electrons. The summed E-state index contributed by atoms with van der Waals surface area (Å²) in [6.07, 6.45) is -2.53. The number of nitrogens with one attached hydrogen (secondary N) is 2. The van der Waals surface area contributed by atoms with E-state index < -0.39 is 13.0 Å². The molecule has 0 bridgehead atoms. The van der Waals surface area contributed by atoms with E-state index in [0.717, 1.165) is 0 Å². The molecule has 0 aliphatic heterocycles. The smallest absolute Gasteiger partial charge is 0.257 e. The monoisotopic (exact) mass is 304 g/mol. The number of benzene rings is 1. The van der Waals surface area contributed by atoms with Crippen LogP contribution in [0.5, 0.6) is 0 Å². The van der Waals surface area contributed by atoms with E-state index in [9.17, 15) is 13.6 Å². The highest BCUT2D eigenvalue weighted by molar-refractivity contribution is 6.30. The van der Waals surface area contributed by atoms with Gasteiger partial charge < -0.3 is 16.4 Å². The van der Waals surface area contributed by atoms with Crippen molar-refractivity contribution in [2.24, 2.45) is 10.7 Å². The fourth-order valence-electron chi connectivity index (χ4n) is 1.29. The first-order chi connectivity index (χ1) is 9.49. The number of hydrogen-bond donors (Lipinski definition) is 3. The molecular formula is C12H15ClF2N4O. The van der Waals surface area contributed by atoms with E-state index in [2.05, 4.69) is 15.6 Å². The predicted molar refractivity (Wildman–Crippen MR) is 74.3 cm³/mol. The van der Waals surface area contributed by atoms with Crippen LogP contribution in [0, 0.1) is 0 Å². The van der Waals surface area contributed by atoms with Crippen LogP contribution in [0.15, 0.2) is 29.3 Å². The minimum absolute atomic E-state index is 0.0777. The molecule has 0 fully saturated rings. The molecule has 0 unspecified atom stereocenters. The molecule has 8 heteroatoms. The van der Waals surface area contributed by atoms with E-state index in [-0.39, 0.29) is 25.0 Å².